The molecule has 24 heavy (non-hydrogen) atoms. The first-order valence-electron chi connectivity index (χ1n) is 7.92. The van der Waals surface area contributed by atoms with Crippen molar-refractivity contribution >= 4 is 23.2 Å². The van der Waals surface area contributed by atoms with Crippen molar-refractivity contribution in [3.05, 3.63) is 58.9 Å². The van der Waals surface area contributed by atoms with Gasteiger partial charge in [0, 0.05) is 36.5 Å². The van der Waals surface area contributed by atoms with Crippen LogP contribution in [0.15, 0.2) is 42.6 Å². The average molecular weight is 347 g/mol. The fourth-order valence-corrected chi connectivity index (χ4v) is 2.28. The van der Waals surface area contributed by atoms with E-state index in [1.165, 1.54) is 0 Å². The molecule has 1 amide bonds. The molecule has 0 radical (unpaired) electrons. The van der Waals surface area contributed by atoms with E-state index in [4.69, 9.17) is 11.6 Å². The Kier molecular flexibility index (Phi) is 7.03. The van der Waals surface area contributed by atoms with Crippen molar-refractivity contribution in [1.29, 1.82) is 0 Å². The molecule has 2 rings (SSSR count). The quantitative estimate of drug-likeness (QED) is 0.771. The van der Waals surface area contributed by atoms with Gasteiger partial charge in [0.05, 0.1) is 0 Å². The standard InChI is InChI=1S/C18H23ClN4O/c1-23(2)12-11-20-16-8-10-21-17(13-16)18(24)22-9-7-14-3-5-15(19)6-4-14/h3-6,8,10,13H,7,9,11-12H2,1-2H3,(H,20,21)(H,22,24). The number of benzene rings is 1. The highest BCUT2D eigenvalue weighted by molar-refractivity contribution is 6.30. The summed E-state index contributed by atoms with van der Waals surface area (Å²) in [7, 11) is 4.04. The Bertz CT molecular complexity index is 658. The molecule has 1 aromatic heterocycles. The Balaban J connectivity index is 1.82. The number of carbonyl (C=O) groups is 1. The molecule has 1 heterocycles. The van der Waals surface area contributed by atoms with Crippen molar-refractivity contribution in [3.8, 4) is 0 Å². The molecule has 0 saturated carbocycles. The number of anilines is 1. The van der Waals surface area contributed by atoms with Crippen LogP contribution in [0.5, 0.6) is 0 Å². The van der Waals surface area contributed by atoms with Crippen molar-refractivity contribution in [2.75, 3.05) is 39.0 Å². The zero-order valence-electron chi connectivity index (χ0n) is 14.1. The number of nitrogens with zero attached hydrogens (tertiary/aromatic N) is 2. The van der Waals surface area contributed by atoms with Crippen LogP contribution in [0, 0.1) is 0 Å². The highest BCUT2D eigenvalue weighted by atomic mass is 35.5. The molecule has 0 saturated heterocycles. The third kappa shape index (κ3) is 6.18. The van der Waals surface area contributed by atoms with Gasteiger partial charge in [-0.05, 0) is 50.3 Å². The van der Waals surface area contributed by atoms with E-state index >= 15 is 0 Å². The number of aromatic nitrogens is 1. The number of hydrogen-bond donors (Lipinski definition) is 2. The van der Waals surface area contributed by atoms with Crippen molar-refractivity contribution in [2.24, 2.45) is 0 Å². The van der Waals surface area contributed by atoms with E-state index in [9.17, 15) is 4.79 Å². The third-order valence-electron chi connectivity index (χ3n) is 3.49. The maximum Gasteiger partial charge on any atom is 0.269 e. The molecule has 0 aliphatic carbocycles. The molecule has 1 aromatic carbocycles. The highest BCUT2D eigenvalue weighted by Crippen LogP contribution is 2.10. The number of nitrogens with one attached hydrogen (secondary N) is 2. The van der Waals surface area contributed by atoms with Gasteiger partial charge in [-0.3, -0.25) is 9.78 Å². The van der Waals surface area contributed by atoms with Crippen molar-refractivity contribution in [1.82, 2.24) is 15.2 Å². The first-order chi connectivity index (χ1) is 11.5. The molecule has 2 N–H and O–H groups in total. The van der Waals surface area contributed by atoms with Crippen LogP contribution in [0.25, 0.3) is 0 Å². The predicted molar refractivity (Wildman–Crippen MR) is 98.8 cm³/mol. The van der Waals surface area contributed by atoms with Crippen molar-refractivity contribution in [2.45, 2.75) is 6.42 Å². The van der Waals surface area contributed by atoms with Gasteiger partial charge in [-0.1, -0.05) is 23.7 Å². The summed E-state index contributed by atoms with van der Waals surface area (Å²) in [4.78, 5) is 18.4. The van der Waals surface area contributed by atoms with Crippen LogP contribution >= 0.6 is 11.6 Å². The minimum atomic E-state index is -0.166. The van der Waals surface area contributed by atoms with Crippen LogP contribution in [0.3, 0.4) is 0 Å². The number of hydrogen-bond acceptors (Lipinski definition) is 4. The lowest BCUT2D eigenvalue weighted by Gasteiger charge is -2.12. The van der Waals surface area contributed by atoms with Gasteiger partial charge in [-0.2, -0.15) is 0 Å². The van der Waals surface area contributed by atoms with Gasteiger partial charge in [0.2, 0.25) is 0 Å². The summed E-state index contributed by atoms with van der Waals surface area (Å²) in [5.74, 6) is -0.166. The van der Waals surface area contributed by atoms with Crippen LogP contribution in [-0.4, -0.2) is 49.5 Å². The zero-order valence-corrected chi connectivity index (χ0v) is 14.8. The topological polar surface area (TPSA) is 57.3 Å². The predicted octanol–water partition coefficient (Wildman–Crippen LogP) is 2.68. The number of pyridine rings is 1. The van der Waals surface area contributed by atoms with Crippen LogP contribution in [0.4, 0.5) is 5.69 Å². The summed E-state index contributed by atoms with van der Waals surface area (Å²) in [5, 5.41) is 6.89. The van der Waals surface area contributed by atoms with E-state index in [0.29, 0.717) is 17.3 Å². The molecule has 0 aliphatic rings. The Labute approximate surface area is 148 Å². The molecule has 128 valence electrons. The molecule has 0 spiro atoms. The molecular weight excluding hydrogens is 324 g/mol. The molecule has 6 heteroatoms. The molecule has 0 fully saturated rings. The van der Waals surface area contributed by atoms with Crippen molar-refractivity contribution < 1.29 is 4.79 Å². The second-order valence-corrected chi connectivity index (χ2v) is 6.23. The summed E-state index contributed by atoms with van der Waals surface area (Å²) in [5.41, 5.74) is 2.45. The van der Waals surface area contributed by atoms with Gasteiger partial charge in [0.15, 0.2) is 0 Å². The van der Waals surface area contributed by atoms with E-state index in [2.05, 4.69) is 20.5 Å². The molecule has 0 unspecified atom stereocenters. The van der Waals surface area contributed by atoms with Crippen LogP contribution < -0.4 is 10.6 Å². The monoisotopic (exact) mass is 346 g/mol. The fraction of sp³-hybridized carbons (Fsp3) is 0.333. The van der Waals surface area contributed by atoms with Gasteiger partial charge in [-0.15, -0.1) is 0 Å². The summed E-state index contributed by atoms with van der Waals surface area (Å²) in [6, 6.07) is 11.3. The van der Waals surface area contributed by atoms with E-state index in [1.54, 1.807) is 12.3 Å². The van der Waals surface area contributed by atoms with Crippen LogP contribution in [-0.2, 0) is 6.42 Å². The minimum Gasteiger partial charge on any atom is -0.384 e. The lowest BCUT2D eigenvalue weighted by molar-refractivity contribution is 0.0949. The van der Waals surface area contributed by atoms with Crippen LogP contribution in [0.1, 0.15) is 16.1 Å². The Hall–Kier alpha value is -2.11. The van der Waals surface area contributed by atoms with Gasteiger partial charge in [-0.25, -0.2) is 0 Å². The smallest absolute Gasteiger partial charge is 0.269 e. The second-order valence-electron chi connectivity index (χ2n) is 5.79. The SMILES string of the molecule is CN(C)CCNc1ccnc(C(=O)NCCc2ccc(Cl)cc2)c1. The Morgan fingerprint density at radius 3 is 2.62 bits per heavy atom. The minimum absolute atomic E-state index is 0.166. The van der Waals surface area contributed by atoms with Gasteiger partial charge in [0.1, 0.15) is 5.69 Å². The van der Waals surface area contributed by atoms with Gasteiger partial charge in [0.25, 0.3) is 5.91 Å². The Morgan fingerprint density at radius 1 is 1.17 bits per heavy atom. The summed E-state index contributed by atoms with van der Waals surface area (Å²) >= 11 is 5.86. The summed E-state index contributed by atoms with van der Waals surface area (Å²) in [6.45, 7) is 2.29. The molecule has 5 nitrogen and oxygen atoms in total. The lowest BCUT2D eigenvalue weighted by atomic mass is 10.1. The summed E-state index contributed by atoms with van der Waals surface area (Å²) < 4.78 is 0. The molecule has 0 aliphatic heterocycles. The molecule has 0 atom stereocenters. The lowest BCUT2D eigenvalue weighted by Crippen LogP contribution is -2.26. The first kappa shape index (κ1) is 18.2. The van der Waals surface area contributed by atoms with E-state index in [-0.39, 0.29) is 5.91 Å². The molecular formula is C18H23ClN4O. The third-order valence-corrected chi connectivity index (χ3v) is 3.75. The first-order valence-corrected chi connectivity index (χ1v) is 8.29. The van der Waals surface area contributed by atoms with E-state index < -0.39 is 0 Å². The van der Waals surface area contributed by atoms with Crippen LogP contribution in [0.2, 0.25) is 5.02 Å². The van der Waals surface area contributed by atoms with E-state index in [1.807, 2.05) is 44.4 Å². The maximum atomic E-state index is 12.2. The van der Waals surface area contributed by atoms with Crippen molar-refractivity contribution in [3.63, 3.8) is 0 Å². The highest BCUT2D eigenvalue weighted by Gasteiger charge is 2.07. The van der Waals surface area contributed by atoms with Gasteiger partial charge >= 0.3 is 0 Å². The molecule has 0 bridgehead atoms. The Morgan fingerprint density at radius 2 is 1.92 bits per heavy atom. The number of rotatable bonds is 8. The number of carbonyl (C=O) groups excluding carboxylic acids is 1. The van der Waals surface area contributed by atoms with Gasteiger partial charge < -0.3 is 15.5 Å². The number of halogens is 1. The largest absolute Gasteiger partial charge is 0.384 e. The second kappa shape index (κ2) is 9.25. The summed E-state index contributed by atoms with van der Waals surface area (Å²) in [6.07, 6.45) is 2.40. The molecule has 2 aromatic rings. The fourth-order valence-electron chi connectivity index (χ4n) is 2.15. The number of likely N-dealkylation sites (N-methyl/N-ethyl adjacent to an activating group) is 1. The zero-order chi connectivity index (χ0) is 17.4. The number of amides is 1. The average Bonchev–Trinajstić information content (AvgIpc) is 2.56. The normalized spacial score (nSPS) is 10.7. The van der Waals surface area contributed by atoms with E-state index in [0.717, 1.165) is 30.8 Å². The maximum absolute atomic E-state index is 12.2.